The topological polar surface area (TPSA) is 77.2 Å². The first-order chi connectivity index (χ1) is 9.15. The molecule has 0 fully saturated rings. The average Bonchev–Trinajstić information content (AvgIpc) is 2.44. The fourth-order valence-corrected chi connectivity index (χ4v) is 2.33. The molecular weight excluding hydrogens is 242 g/mol. The second-order valence-electron chi connectivity index (χ2n) is 4.31. The minimum atomic E-state index is -0.314. The van der Waals surface area contributed by atoms with Gasteiger partial charge in [-0.05, 0) is 12.1 Å². The fraction of sp³-hybridized carbons (Fsp3) is 0. The molecule has 0 spiro atoms. The number of nitrogens with two attached hydrogens (primary N) is 1. The summed E-state index contributed by atoms with van der Waals surface area (Å²) in [5.74, 6) is -0.555. The van der Waals surface area contributed by atoms with Crippen molar-refractivity contribution in [2.24, 2.45) is 0 Å². The van der Waals surface area contributed by atoms with Crippen molar-refractivity contribution in [2.75, 3.05) is 5.73 Å². The summed E-state index contributed by atoms with van der Waals surface area (Å²) in [6, 6.07) is 9.53. The molecule has 0 unspecified atom stereocenters. The summed E-state index contributed by atoms with van der Waals surface area (Å²) in [7, 11) is 0. The van der Waals surface area contributed by atoms with Gasteiger partial charge in [0.05, 0.1) is 11.3 Å². The summed E-state index contributed by atoms with van der Waals surface area (Å²) in [6.45, 7) is 0. The molecule has 4 nitrogen and oxygen atoms in total. The quantitative estimate of drug-likeness (QED) is 0.529. The van der Waals surface area contributed by atoms with Gasteiger partial charge in [-0.15, -0.1) is 0 Å². The van der Waals surface area contributed by atoms with Crippen LogP contribution in [0.4, 0.5) is 5.69 Å². The lowest BCUT2D eigenvalue weighted by Crippen LogP contribution is -2.22. The number of hydrogen-bond donors (Lipinski definition) is 1. The maximum absolute atomic E-state index is 12.4. The molecule has 0 saturated heterocycles. The van der Waals surface area contributed by atoms with E-state index in [2.05, 4.69) is 0 Å². The van der Waals surface area contributed by atoms with Gasteiger partial charge in [0.2, 0.25) is 0 Å². The van der Waals surface area contributed by atoms with Crippen molar-refractivity contribution in [3.8, 4) is 0 Å². The predicted octanol–water partition coefficient (Wildman–Crippen LogP) is 1.86. The zero-order valence-corrected chi connectivity index (χ0v) is 9.84. The molecule has 19 heavy (non-hydrogen) atoms. The first kappa shape index (κ1) is 11.3. The van der Waals surface area contributed by atoms with E-state index < -0.39 is 0 Å². The maximum Gasteiger partial charge on any atom is 0.196 e. The third-order valence-corrected chi connectivity index (χ3v) is 3.29. The zero-order chi connectivity index (χ0) is 13.6. The van der Waals surface area contributed by atoms with Gasteiger partial charge in [-0.25, -0.2) is 0 Å². The molecule has 3 rings (SSSR count). The number of anilines is 1. The molecule has 0 saturated carbocycles. The van der Waals surface area contributed by atoms with E-state index >= 15 is 0 Å². The first-order valence-electron chi connectivity index (χ1n) is 5.71. The molecule has 0 bridgehead atoms. The van der Waals surface area contributed by atoms with Gasteiger partial charge in [0, 0.05) is 22.3 Å². The summed E-state index contributed by atoms with van der Waals surface area (Å²) in [5, 5.41) is 0. The van der Waals surface area contributed by atoms with Gasteiger partial charge < -0.3 is 5.73 Å². The SMILES string of the molecule is Nc1c(C=O)ccc2c1C(=O)c1ccccc1C2=O. The van der Waals surface area contributed by atoms with Crippen LogP contribution < -0.4 is 5.73 Å². The molecule has 0 atom stereocenters. The molecule has 0 aliphatic heterocycles. The molecule has 2 aromatic rings. The van der Waals surface area contributed by atoms with Crippen LogP contribution in [0.2, 0.25) is 0 Å². The van der Waals surface area contributed by atoms with Crippen LogP contribution >= 0.6 is 0 Å². The Hall–Kier alpha value is -2.75. The Morgan fingerprint density at radius 1 is 0.842 bits per heavy atom. The van der Waals surface area contributed by atoms with Crippen LogP contribution in [-0.4, -0.2) is 17.9 Å². The van der Waals surface area contributed by atoms with Crippen LogP contribution in [0, 0.1) is 0 Å². The normalized spacial score (nSPS) is 12.8. The van der Waals surface area contributed by atoms with Crippen molar-refractivity contribution in [3.63, 3.8) is 0 Å². The standard InChI is InChI=1S/C15H9NO3/c16-13-8(7-17)5-6-11-12(13)15(19)10-4-2-1-3-9(10)14(11)18/h1-7H,16H2. The summed E-state index contributed by atoms with van der Waals surface area (Å²) in [6.07, 6.45) is 0.577. The number of fused-ring (bicyclic) bond motifs is 2. The fourth-order valence-electron chi connectivity index (χ4n) is 2.33. The Bertz CT molecular complexity index is 747. The number of ketones is 2. The molecular formula is C15H9NO3. The van der Waals surface area contributed by atoms with Gasteiger partial charge in [0.25, 0.3) is 0 Å². The number of aldehydes is 1. The van der Waals surface area contributed by atoms with Crippen LogP contribution in [0.15, 0.2) is 36.4 Å². The van der Waals surface area contributed by atoms with E-state index in [1.54, 1.807) is 24.3 Å². The summed E-state index contributed by atoms with van der Waals surface area (Å²) in [5.41, 5.74) is 7.20. The van der Waals surface area contributed by atoms with E-state index in [0.717, 1.165) is 0 Å². The molecule has 1 aliphatic carbocycles. The molecule has 1 aliphatic rings. The van der Waals surface area contributed by atoms with E-state index in [9.17, 15) is 14.4 Å². The highest BCUT2D eigenvalue weighted by Gasteiger charge is 2.31. The van der Waals surface area contributed by atoms with Crippen molar-refractivity contribution in [1.82, 2.24) is 0 Å². The van der Waals surface area contributed by atoms with Crippen molar-refractivity contribution in [3.05, 3.63) is 64.2 Å². The van der Waals surface area contributed by atoms with Gasteiger partial charge in [-0.1, -0.05) is 24.3 Å². The number of carbonyl (C=O) groups excluding carboxylic acids is 3. The lowest BCUT2D eigenvalue weighted by Gasteiger charge is -2.19. The number of hydrogen-bond acceptors (Lipinski definition) is 4. The molecule has 4 heteroatoms. The molecule has 0 amide bonds. The number of nitrogen functional groups attached to an aromatic ring is 1. The lowest BCUT2D eigenvalue weighted by atomic mass is 9.82. The number of benzene rings is 2. The van der Waals surface area contributed by atoms with Crippen molar-refractivity contribution in [2.45, 2.75) is 0 Å². The second-order valence-corrected chi connectivity index (χ2v) is 4.31. The second kappa shape index (κ2) is 3.88. The highest BCUT2D eigenvalue weighted by atomic mass is 16.1. The van der Waals surface area contributed by atoms with Crippen LogP contribution in [0.3, 0.4) is 0 Å². The van der Waals surface area contributed by atoms with E-state index in [1.807, 2.05) is 0 Å². The highest BCUT2D eigenvalue weighted by Crippen LogP contribution is 2.31. The summed E-state index contributed by atoms with van der Waals surface area (Å²) >= 11 is 0. The minimum absolute atomic E-state index is 0.0698. The van der Waals surface area contributed by atoms with Crippen LogP contribution in [-0.2, 0) is 0 Å². The molecule has 0 aromatic heterocycles. The van der Waals surface area contributed by atoms with Crippen molar-refractivity contribution in [1.29, 1.82) is 0 Å². The Morgan fingerprint density at radius 2 is 1.47 bits per heavy atom. The minimum Gasteiger partial charge on any atom is -0.398 e. The molecule has 2 aromatic carbocycles. The predicted molar refractivity (Wildman–Crippen MR) is 69.5 cm³/mol. The van der Waals surface area contributed by atoms with E-state index in [4.69, 9.17) is 5.73 Å². The molecule has 92 valence electrons. The van der Waals surface area contributed by atoms with Crippen LogP contribution in [0.5, 0.6) is 0 Å². The van der Waals surface area contributed by atoms with Crippen molar-refractivity contribution < 1.29 is 14.4 Å². The summed E-state index contributed by atoms with van der Waals surface area (Å²) < 4.78 is 0. The van der Waals surface area contributed by atoms with Crippen LogP contribution in [0.25, 0.3) is 0 Å². The largest absolute Gasteiger partial charge is 0.398 e. The third-order valence-electron chi connectivity index (χ3n) is 3.29. The summed E-state index contributed by atoms with van der Waals surface area (Å²) in [4.78, 5) is 35.6. The van der Waals surface area contributed by atoms with Gasteiger partial charge in [0.15, 0.2) is 17.9 Å². The average molecular weight is 251 g/mol. The molecule has 0 heterocycles. The molecule has 0 radical (unpaired) electrons. The first-order valence-corrected chi connectivity index (χ1v) is 5.71. The Balaban J connectivity index is 2.36. The van der Waals surface area contributed by atoms with E-state index in [-0.39, 0.29) is 33.9 Å². The van der Waals surface area contributed by atoms with Gasteiger partial charge >= 0.3 is 0 Å². The zero-order valence-electron chi connectivity index (χ0n) is 9.84. The Labute approximate surface area is 108 Å². The Morgan fingerprint density at radius 3 is 2.11 bits per heavy atom. The smallest absolute Gasteiger partial charge is 0.196 e. The number of rotatable bonds is 1. The van der Waals surface area contributed by atoms with Gasteiger partial charge in [-0.3, -0.25) is 14.4 Å². The van der Waals surface area contributed by atoms with E-state index in [0.29, 0.717) is 17.4 Å². The van der Waals surface area contributed by atoms with Gasteiger partial charge in [0.1, 0.15) is 0 Å². The number of carbonyl (C=O) groups is 3. The molecule has 2 N–H and O–H groups in total. The van der Waals surface area contributed by atoms with Gasteiger partial charge in [-0.2, -0.15) is 0 Å². The Kier molecular flexibility index (Phi) is 2.32. The third kappa shape index (κ3) is 1.43. The monoisotopic (exact) mass is 251 g/mol. The highest BCUT2D eigenvalue weighted by molar-refractivity contribution is 6.30. The van der Waals surface area contributed by atoms with E-state index in [1.165, 1.54) is 12.1 Å². The maximum atomic E-state index is 12.4. The lowest BCUT2D eigenvalue weighted by molar-refractivity contribution is 0.0979. The van der Waals surface area contributed by atoms with Crippen LogP contribution in [0.1, 0.15) is 42.2 Å². The van der Waals surface area contributed by atoms with Crippen molar-refractivity contribution >= 4 is 23.5 Å².